The maximum Gasteiger partial charge on any atom is 0.337 e. The van der Waals surface area contributed by atoms with Gasteiger partial charge < -0.3 is 4.74 Å². The first-order chi connectivity index (χ1) is 14.5. The summed E-state index contributed by atoms with van der Waals surface area (Å²) in [7, 11) is 1.38. The third-order valence-electron chi connectivity index (χ3n) is 5.34. The Hall–Kier alpha value is -3.12. The zero-order chi connectivity index (χ0) is 21.1. The van der Waals surface area contributed by atoms with Crippen LogP contribution in [0.4, 0.5) is 0 Å². The Morgan fingerprint density at radius 3 is 2.67 bits per heavy atom. The highest BCUT2D eigenvalue weighted by Gasteiger charge is 2.19. The number of carbonyl (C=O) groups is 1. The number of nitrogens with zero attached hydrogens (tertiary/aromatic N) is 4. The quantitative estimate of drug-likeness (QED) is 0.601. The van der Waals surface area contributed by atoms with Crippen LogP contribution in [0.1, 0.15) is 52.9 Å². The van der Waals surface area contributed by atoms with Crippen LogP contribution in [0.3, 0.4) is 0 Å². The number of pyridine rings is 1. The maximum atomic E-state index is 11.6. The lowest BCUT2D eigenvalue weighted by Gasteiger charge is -2.28. The standard InChI is InChI=1S/C24H26N4O2/c1-16(2)23-25-13-19-14-28(12-11-22(19)27-23)15-20-5-4-6-21(26-20)17-7-9-18(10-8-17)24(29)30-3/h4-10,13,16H,11-12,14-15H2,1-3H3. The van der Waals surface area contributed by atoms with Crippen molar-refractivity contribution in [3.63, 3.8) is 0 Å². The van der Waals surface area contributed by atoms with E-state index >= 15 is 0 Å². The number of carbonyl (C=O) groups excluding carboxylic acids is 1. The summed E-state index contributed by atoms with van der Waals surface area (Å²) in [5, 5.41) is 0. The molecule has 6 heteroatoms. The average Bonchev–Trinajstić information content (AvgIpc) is 2.78. The van der Waals surface area contributed by atoms with Gasteiger partial charge in [-0.05, 0) is 24.3 Å². The predicted molar refractivity (Wildman–Crippen MR) is 115 cm³/mol. The van der Waals surface area contributed by atoms with E-state index in [0.29, 0.717) is 11.5 Å². The lowest BCUT2D eigenvalue weighted by molar-refractivity contribution is 0.0601. The van der Waals surface area contributed by atoms with Crippen molar-refractivity contribution in [2.45, 2.75) is 39.3 Å². The van der Waals surface area contributed by atoms with Crippen LogP contribution in [0, 0.1) is 0 Å². The van der Waals surface area contributed by atoms with E-state index in [2.05, 4.69) is 29.8 Å². The largest absolute Gasteiger partial charge is 0.465 e. The summed E-state index contributed by atoms with van der Waals surface area (Å²) in [6.07, 6.45) is 2.92. The van der Waals surface area contributed by atoms with E-state index in [9.17, 15) is 4.79 Å². The van der Waals surface area contributed by atoms with Crippen LogP contribution in [0.25, 0.3) is 11.3 Å². The molecule has 0 atom stereocenters. The molecule has 30 heavy (non-hydrogen) atoms. The second kappa shape index (κ2) is 8.71. The highest BCUT2D eigenvalue weighted by atomic mass is 16.5. The molecule has 1 aromatic carbocycles. The molecular weight excluding hydrogens is 376 g/mol. The fourth-order valence-corrected chi connectivity index (χ4v) is 3.66. The summed E-state index contributed by atoms with van der Waals surface area (Å²) in [6, 6.07) is 13.4. The summed E-state index contributed by atoms with van der Waals surface area (Å²) in [6.45, 7) is 6.82. The van der Waals surface area contributed by atoms with E-state index < -0.39 is 0 Å². The van der Waals surface area contributed by atoms with Crippen molar-refractivity contribution in [1.29, 1.82) is 0 Å². The van der Waals surface area contributed by atoms with Crippen molar-refractivity contribution in [2.24, 2.45) is 0 Å². The summed E-state index contributed by atoms with van der Waals surface area (Å²) >= 11 is 0. The number of fused-ring (bicyclic) bond motifs is 1. The molecular formula is C24H26N4O2. The minimum Gasteiger partial charge on any atom is -0.465 e. The Morgan fingerprint density at radius 1 is 1.13 bits per heavy atom. The number of hydrogen-bond donors (Lipinski definition) is 0. The second-order valence-electron chi connectivity index (χ2n) is 7.90. The Kier molecular flexibility index (Phi) is 5.86. The fourth-order valence-electron chi connectivity index (χ4n) is 3.66. The van der Waals surface area contributed by atoms with E-state index in [0.717, 1.165) is 48.8 Å². The third-order valence-corrected chi connectivity index (χ3v) is 5.34. The summed E-state index contributed by atoms with van der Waals surface area (Å²) < 4.78 is 4.76. The van der Waals surface area contributed by atoms with E-state index in [1.165, 1.54) is 18.4 Å². The molecule has 1 aliphatic heterocycles. The lowest BCUT2D eigenvalue weighted by Crippen LogP contribution is -2.31. The van der Waals surface area contributed by atoms with Crippen LogP contribution in [-0.4, -0.2) is 39.5 Å². The SMILES string of the molecule is COC(=O)c1ccc(-c2cccc(CN3CCc4nc(C(C)C)ncc4C3)n2)cc1. The Morgan fingerprint density at radius 2 is 1.93 bits per heavy atom. The molecule has 0 N–H and O–H groups in total. The summed E-state index contributed by atoms with van der Waals surface area (Å²) in [5.74, 6) is 0.940. The number of esters is 1. The topological polar surface area (TPSA) is 68.2 Å². The summed E-state index contributed by atoms with van der Waals surface area (Å²) in [5.41, 5.74) is 5.81. The van der Waals surface area contributed by atoms with Crippen molar-refractivity contribution in [3.8, 4) is 11.3 Å². The van der Waals surface area contributed by atoms with Crippen molar-refractivity contribution in [1.82, 2.24) is 19.9 Å². The zero-order valence-corrected chi connectivity index (χ0v) is 17.6. The smallest absolute Gasteiger partial charge is 0.337 e. The molecule has 0 saturated heterocycles. The maximum absolute atomic E-state index is 11.6. The van der Waals surface area contributed by atoms with Crippen molar-refractivity contribution in [2.75, 3.05) is 13.7 Å². The Labute approximate surface area is 177 Å². The molecule has 0 radical (unpaired) electrons. The molecule has 0 saturated carbocycles. The number of rotatable bonds is 5. The number of methoxy groups -OCH3 is 1. The predicted octanol–water partition coefficient (Wildman–Crippen LogP) is 4.01. The average molecular weight is 402 g/mol. The van der Waals surface area contributed by atoms with Gasteiger partial charge in [0.15, 0.2) is 0 Å². The lowest BCUT2D eigenvalue weighted by atomic mass is 10.1. The van der Waals surface area contributed by atoms with Gasteiger partial charge in [-0.2, -0.15) is 0 Å². The molecule has 3 aromatic rings. The van der Waals surface area contributed by atoms with Crippen LogP contribution in [0.15, 0.2) is 48.7 Å². The zero-order valence-electron chi connectivity index (χ0n) is 17.6. The van der Waals surface area contributed by atoms with Gasteiger partial charge >= 0.3 is 5.97 Å². The van der Waals surface area contributed by atoms with E-state index in [4.69, 9.17) is 14.7 Å². The second-order valence-corrected chi connectivity index (χ2v) is 7.90. The molecule has 1 aliphatic rings. The first-order valence-electron chi connectivity index (χ1n) is 10.2. The van der Waals surface area contributed by atoms with Gasteiger partial charge in [-0.3, -0.25) is 9.88 Å². The molecule has 3 heterocycles. The molecule has 154 valence electrons. The van der Waals surface area contributed by atoms with Crippen LogP contribution < -0.4 is 0 Å². The van der Waals surface area contributed by atoms with Crippen molar-refractivity contribution < 1.29 is 9.53 Å². The molecule has 0 unspecified atom stereocenters. The van der Waals surface area contributed by atoms with Gasteiger partial charge in [-0.15, -0.1) is 0 Å². The van der Waals surface area contributed by atoms with Crippen LogP contribution in [-0.2, 0) is 24.2 Å². The van der Waals surface area contributed by atoms with E-state index in [-0.39, 0.29) is 5.97 Å². The first kappa shape index (κ1) is 20.2. The van der Waals surface area contributed by atoms with Crippen LogP contribution in [0.5, 0.6) is 0 Å². The Balaban J connectivity index is 1.47. The van der Waals surface area contributed by atoms with Crippen molar-refractivity contribution >= 4 is 5.97 Å². The van der Waals surface area contributed by atoms with Gasteiger partial charge in [0.25, 0.3) is 0 Å². The fraction of sp³-hybridized carbons (Fsp3) is 0.333. The first-order valence-corrected chi connectivity index (χ1v) is 10.2. The number of ether oxygens (including phenoxy) is 1. The number of benzene rings is 1. The molecule has 0 spiro atoms. The normalized spacial score (nSPS) is 13.9. The van der Waals surface area contributed by atoms with Gasteiger partial charge in [0.1, 0.15) is 5.82 Å². The molecule has 2 aromatic heterocycles. The van der Waals surface area contributed by atoms with Gasteiger partial charge in [-0.1, -0.05) is 32.0 Å². The van der Waals surface area contributed by atoms with Crippen molar-refractivity contribution in [3.05, 3.63) is 77.0 Å². The van der Waals surface area contributed by atoms with Crippen LogP contribution in [0.2, 0.25) is 0 Å². The minimum atomic E-state index is -0.335. The minimum absolute atomic E-state index is 0.335. The molecule has 4 rings (SSSR count). The molecule has 0 aliphatic carbocycles. The molecule has 6 nitrogen and oxygen atoms in total. The van der Waals surface area contributed by atoms with Gasteiger partial charge in [0.05, 0.1) is 24.1 Å². The van der Waals surface area contributed by atoms with Gasteiger partial charge in [0.2, 0.25) is 0 Å². The molecule has 0 amide bonds. The number of hydrogen-bond acceptors (Lipinski definition) is 6. The monoisotopic (exact) mass is 402 g/mol. The molecule has 0 bridgehead atoms. The van der Waals surface area contributed by atoms with Gasteiger partial charge in [0, 0.05) is 55.0 Å². The highest BCUT2D eigenvalue weighted by molar-refractivity contribution is 5.89. The van der Waals surface area contributed by atoms with E-state index in [1.807, 2.05) is 30.5 Å². The molecule has 0 fully saturated rings. The van der Waals surface area contributed by atoms with Crippen LogP contribution >= 0.6 is 0 Å². The Bertz CT molecular complexity index is 1050. The van der Waals surface area contributed by atoms with Gasteiger partial charge in [-0.25, -0.2) is 14.8 Å². The highest BCUT2D eigenvalue weighted by Crippen LogP contribution is 2.22. The van der Waals surface area contributed by atoms with E-state index in [1.54, 1.807) is 12.1 Å². The third kappa shape index (κ3) is 4.39. The summed E-state index contributed by atoms with van der Waals surface area (Å²) in [4.78, 5) is 28.1. The number of aromatic nitrogens is 3.